The molecule has 0 radical (unpaired) electrons. The first-order valence-electron chi connectivity index (χ1n) is 6.74. The summed E-state index contributed by atoms with van der Waals surface area (Å²) in [5.41, 5.74) is 0.584. The Balaban J connectivity index is 1.94. The van der Waals surface area contributed by atoms with E-state index in [1.165, 1.54) is 0 Å². The molecule has 1 atom stereocenters. The molecule has 1 saturated heterocycles. The Morgan fingerprint density at radius 3 is 2.80 bits per heavy atom. The van der Waals surface area contributed by atoms with E-state index in [4.69, 9.17) is 10.00 Å². The van der Waals surface area contributed by atoms with Crippen LogP contribution in [0.5, 0.6) is 5.75 Å². The fraction of sp³-hybridized carbons (Fsp3) is 0.467. The van der Waals surface area contributed by atoms with Crippen molar-refractivity contribution in [2.75, 3.05) is 24.6 Å². The van der Waals surface area contributed by atoms with Crippen LogP contribution in [0.4, 0.5) is 0 Å². The van der Waals surface area contributed by atoms with Crippen LogP contribution in [-0.2, 0) is 4.79 Å². The van der Waals surface area contributed by atoms with Gasteiger partial charge in [0.15, 0.2) is 6.10 Å². The number of ether oxygens (including phenoxy) is 1. The molecule has 20 heavy (non-hydrogen) atoms. The minimum atomic E-state index is -0.494. The van der Waals surface area contributed by atoms with Crippen LogP contribution in [0.1, 0.15) is 18.9 Å². The summed E-state index contributed by atoms with van der Waals surface area (Å²) in [4.78, 5) is 14.2. The lowest BCUT2D eigenvalue weighted by Crippen LogP contribution is -2.41. The Labute approximate surface area is 123 Å². The molecule has 0 aromatic heterocycles. The van der Waals surface area contributed by atoms with Crippen molar-refractivity contribution in [1.29, 1.82) is 5.26 Å². The number of hydrogen-bond acceptors (Lipinski definition) is 4. The molecule has 1 aliphatic heterocycles. The van der Waals surface area contributed by atoms with E-state index in [0.717, 1.165) is 31.0 Å². The molecule has 1 aromatic carbocycles. The van der Waals surface area contributed by atoms with Crippen molar-refractivity contribution in [3.63, 3.8) is 0 Å². The van der Waals surface area contributed by atoms with Gasteiger partial charge in [-0.25, -0.2) is 0 Å². The standard InChI is InChI=1S/C15H18N2O2S/c1-12(15(18)17-7-2-9-20-10-8-17)19-14-5-3-13(11-16)4-6-14/h3-6,12H,2,7-10H2,1H3/t12-/m0/s1. The molecular weight excluding hydrogens is 272 g/mol. The molecule has 1 fully saturated rings. The normalized spacial score (nSPS) is 16.9. The molecule has 0 saturated carbocycles. The topological polar surface area (TPSA) is 53.3 Å². The van der Waals surface area contributed by atoms with Gasteiger partial charge in [-0.15, -0.1) is 0 Å². The third-order valence-corrected chi connectivity index (χ3v) is 4.23. The Kier molecular flexibility index (Phi) is 5.31. The smallest absolute Gasteiger partial charge is 0.263 e. The van der Waals surface area contributed by atoms with Crippen LogP contribution in [0.25, 0.3) is 0 Å². The van der Waals surface area contributed by atoms with Crippen molar-refractivity contribution >= 4 is 17.7 Å². The van der Waals surface area contributed by atoms with E-state index in [2.05, 4.69) is 6.07 Å². The van der Waals surface area contributed by atoms with Gasteiger partial charge in [-0.2, -0.15) is 17.0 Å². The van der Waals surface area contributed by atoms with Gasteiger partial charge in [0.2, 0.25) is 0 Å². The number of carbonyl (C=O) groups excluding carboxylic acids is 1. The van der Waals surface area contributed by atoms with Crippen molar-refractivity contribution in [2.24, 2.45) is 0 Å². The quantitative estimate of drug-likeness (QED) is 0.857. The highest BCUT2D eigenvalue weighted by Crippen LogP contribution is 2.16. The molecule has 0 aliphatic carbocycles. The fourth-order valence-electron chi connectivity index (χ4n) is 2.09. The van der Waals surface area contributed by atoms with E-state index in [1.54, 1.807) is 31.2 Å². The lowest BCUT2D eigenvalue weighted by molar-refractivity contribution is -0.137. The van der Waals surface area contributed by atoms with Crippen molar-refractivity contribution < 1.29 is 9.53 Å². The molecule has 1 amide bonds. The van der Waals surface area contributed by atoms with Crippen molar-refractivity contribution in [1.82, 2.24) is 4.90 Å². The summed E-state index contributed by atoms with van der Waals surface area (Å²) in [5, 5.41) is 8.74. The van der Waals surface area contributed by atoms with Crippen LogP contribution in [-0.4, -0.2) is 41.5 Å². The van der Waals surface area contributed by atoms with Crippen molar-refractivity contribution in [2.45, 2.75) is 19.4 Å². The highest BCUT2D eigenvalue weighted by molar-refractivity contribution is 7.99. The first-order chi connectivity index (χ1) is 9.70. The largest absolute Gasteiger partial charge is 0.481 e. The Bertz CT molecular complexity index is 488. The van der Waals surface area contributed by atoms with E-state index in [-0.39, 0.29) is 5.91 Å². The summed E-state index contributed by atoms with van der Waals surface area (Å²) in [6, 6.07) is 8.88. The lowest BCUT2D eigenvalue weighted by atomic mass is 10.2. The molecule has 2 rings (SSSR count). The van der Waals surface area contributed by atoms with Crippen LogP contribution in [0.15, 0.2) is 24.3 Å². The second-order valence-corrected chi connectivity index (χ2v) is 5.91. The second-order valence-electron chi connectivity index (χ2n) is 4.69. The number of rotatable bonds is 3. The van der Waals surface area contributed by atoms with Gasteiger partial charge in [0.25, 0.3) is 5.91 Å². The Morgan fingerprint density at radius 1 is 1.35 bits per heavy atom. The predicted molar refractivity (Wildman–Crippen MR) is 79.8 cm³/mol. The molecule has 1 aromatic rings. The molecule has 0 spiro atoms. The second kappa shape index (κ2) is 7.20. The molecule has 106 valence electrons. The summed E-state index contributed by atoms with van der Waals surface area (Å²) in [5.74, 6) is 2.77. The molecule has 1 heterocycles. The Morgan fingerprint density at radius 2 is 2.10 bits per heavy atom. The van der Waals surface area contributed by atoms with Crippen LogP contribution in [0.3, 0.4) is 0 Å². The average molecular weight is 290 g/mol. The number of hydrogen-bond donors (Lipinski definition) is 0. The van der Waals surface area contributed by atoms with Gasteiger partial charge in [-0.1, -0.05) is 0 Å². The fourth-order valence-corrected chi connectivity index (χ4v) is 2.97. The molecule has 0 unspecified atom stereocenters. The molecule has 0 N–H and O–H groups in total. The van der Waals surface area contributed by atoms with E-state index in [1.807, 2.05) is 16.7 Å². The maximum atomic E-state index is 12.3. The third kappa shape index (κ3) is 3.91. The zero-order chi connectivity index (χ0) is 14.4. The molecule has 0 bridgehead atoms. The predicted octanol–water partition coefficient (Wildman–Crippen LogP) is 2.29. The summed E-state index contributed by atoms with van der Waals surface area (Å²) >= 11 is 1.89. The number of amides is 1. The van der Waals surface area contributed by atoms with Crippen molar-refractivity contribution in [3.8, 4) is 11.8 Å². The minimum absolute atomic E-state index is 0.0388. The van der Waals surface area contributed by atoms with Crippen LogP contribution in [0.2, 0.25) is 0 Å². The summed E-state index contributed by atoms with van der Waals surface area (Å²) < 4.78 is 5.66. The van der Waals surface area contributed by atoms with Gasteiger partial charge in [-0.05, 0) is 43.4 Å². The first kappa shape index (κ1) is 14.7. The number of benzene rings is 1. The monoisotopic (exact) mass is 290 g/mol. The SMILES string of the molecule is C[C@H](Oc1ccc(C#N)cc1)C(=O)N1CCCSCC1. The summed E-state index contributed by atoms with van der Waals surface area (Å²) in [7, 11) is 0. The zero-order valence-corrected chi connectivity index (χ0v) is 12.4. The minimum Gasteiger partial charge on any atom is -0.481 e. The highest BCUT2D eigenvalue weighted by Gasteiger charge is 2.22. The van der Waals surface area contributed by atoms with Crippen molar-refractivity contribution in [3.05, 3.63) is 29.8 Å². The maximum Gasteiger partial charge on any atom is 0.263 e. The van der Waals surface area contributed by atoms with Gasteiger partial charge in [0, 0.05) is 18.8 Å². The number of nitrogens with zero attached hydrogens (tertiary/aromatic N) is 2. The van der Waals surface area contributed by atoms with Gasteiger partial charge < -0.3 is 9.64 Å². The van der Waals surface area contributed by atoms with E-state index in [9.17, 15) is 4.79 Å². The van der Waals surface area contributed by atoms with E-state index >= 15 is 0 Å². The van der Waals surface area contributed by atoms with Crippen LogP contribution < -0.4 is 4.74 Å². The maximum absolute atomic E-state index is 12.3. The van der Waals surface area contributed by atoms with Gasteiger partial charge in [-0.3, -0.25) is 4.79 Å². The average Bonchev–Trinajstić information content (AvgIpc) is 2.76. The highest BCUT2D eigenvalue weighted by atomic mass is 32.2. The first-order valence-corrected chi connectivity index (χ1v) is 7.89. The number of nitriles is 1. The molecule has 5 heteroatoms. The number of thioether (sulfide) groups is 1. The van der Waals surface area contributed by atoms with Crippen LogP contribution >= 0.6 is 11.8 Å². The van der Waals surface area contributed by atoms with E-state index < -0.39 is 6.10 Å². The Hall–Kier alpha value is -1.67. The van der Waals surface area contributed by atoms with Crippen LogP contribution in [0, 0.1) is 11.3 Å². The molecular formula is C15H18N2O2S. The third-order valence-electron chi connectivity index (χ3n) is 3.18. The lowest BCUT2D eigenvalue weighted by Gasteiger charge is -2.24. The molecule has 1 aliphatic rings. The molecule has 4 nitrogen and oxygen atoms in total. The summed E-state index contributed by atoms with van der Waals surface area (Å²) in [6.45, 7) is 3.38. The zero-order valence-electron chi connectivity index (χ0n) is 11.5. The summed E-state index contributed by atoms with van der Waals surface area (Å²) in [6.07, 6.45) is 0.547. The number of carbonyl (C=O) groups is 1. The van der Waals surface area contributed by atoms with Gasteiger partial charge in [0.1, 0.15) is 5.75 Å². The van der Waals surface area contributed by atoms with E-state index in [0.29, 0.717) is 11.3 Å². The van der Waals surface area contributed by atoms with Gasteiger partial charge in [0.05, 0.1) is 11.6 Å². The van der Waals surface area contributed by atoms with Gasteiger partial charge >= 0.3 is 0 Å².